The summed E-state index contributed by atoms with van der Waals surface area (Å²) in [7, 11) is 0. The summed E-state index contributed by atoms with van der Waals surface area (Å²) in [5.74, 6) is -0.638. The first-order chi connectivity index (χ1) is 13.2. The van der Waals surface area contributed by atoms with E-state index in [1.54, 1.807) is 12.3 Å². The number of para-hydroxylation sites is 1. The van der Waals surface area contributed by atoms with E-state index in [-0.39, 0.29) is 17.5 Å². The van der Waals surface area contributed by atoms with E-state index in [0.29, 0.717) is 12.1 Å². The Kier molecular flexibility index (Phi) is 5.89. The lowest BCUT2D eigenvalue weighted by Gasteiger charge is -2.10. The highest BCUT2D eigenvalue weighted by Gasteiger charge is 2.13. The van der Waals surface area contributed by atoms with Crippen molar-refractivity contribution in [2.45, 2.75) is 19.9 Å². The van der Waals surface area contributed by atoms with Crippen LogP contribution in [-0.2, 0) is 13.0 Å². The summed E-state index contributed by atoms with van der Waals surface area (Å²) in [4.78, 5) is 33.1. The molecule has 2 N–H and O–H groups in total. The fourth-order valence-electron chi connectivity index (χ4n) is 2.61. The third kappa shape index (κ3) is 4.76. The van der Waals surface area contributed by atoms with Gasteiger partial charge in [0.15, 0.2) is 0 Å². The number of amides is 2. The molecule has 6 nitrogen and oxygen atoms in total. The van der Waals surface area contributed by atoms with Gasteiger partial charge in [0.2, 0.25) is 0 Å². The zero-order valence-electron chi connectivity index (χ0n) is 15.0. The molecule has 0 spiro atoms. The van der Waals surface area contributed by atoms with Crippen molar-refractivity contribution in [3.05, 3.63) is 89.5 Å². The summed E-state index contributed by atoms with van der Waals surface area (Å²) < 4.78 is 0. The highest BCUT2D eigenvalue weighted by atomic mass is 16.2. The van der Waals surface area contributed by atoms with Gasteiger partial charge in [-0.05, 0) is 42.3 Å². The molecule has 1 aromatic carbocycles. The molecular weight excluding hydrogens is 340 g/mol. The molecule has 3 rings (SSSR count). The molecule has 27 heavy (non-hydrogen) atoms. The van der Waals surface area contributed by atoms with E-state index in [1.807, 2.05) is 49.4 Å². The van der Waals surface area contributed by atoms with Gasteiger partial charge in [-0.3, -0.25) is 19.6 Å². The number of nitrogens with zero attached hydrogens (tertiary/aromatic N) is 2. The predicted molar refractivity (Wildman–Crippen MR) is 103 cm³/mol. The Morgan fingerprint density at radius 1 is 0.926 bits per heavy atom. The molecule has 0 aliphatic heterocycles. The van der Waals surface area contributed by atoms with E-state index in [4.69, 9.17) is 0 Å². The highest BCUT2D eigenvalue weighted by Crippen LogP contribution is 2.16. The van der Waals surface area contributed by atoms with Crippen LogP contribution in [0.15, 0.2) is 67.0 Å². The van der Waals surface area contributed by atoms with Crippen LogP contribution in [0.4, 0.5) is 5.69 Å². The molecule has 3 aromatic rings. The topological polar surface area (TPSA) is 84.0 Å². The van der Waals surface area contributed by atoms with Crippen molar-refractivity contribution in [3.8, 4) is 0 Å². The lowest BCUT2D eigenvalue weighted by molar-refractivity contribution is 0.0950. The molecule has 0 radical (unpaired) electrons. The van der Waals surface area contributed by atoms with Gasteiger partial charge in [-0.15, -0.1) is 0 Å². The summed E-state index contributed by atoms with van der Waals surface area (Å²) in [5, 5.41) is 5.65. The molecule has 0 saturated heterocycles. The molecular formula is C21H20N4O2. The summed E-state index contributed by atoms with van der Waals surface area (Å²) in [6, 6.07) is 16.2. The molecule has 0 saturated carbocycles. The summed E-state index contributed by atoms with van der Waals surface area (Å²) >= 11 is 0. The van der Waals surface area contributed by atoms with Crippen molar-refractivity contribution in [1.29, 1.82) is 0 Å². The zero-order chi connectivity index (χ0) is 19.1. The zero-order valence-corrected chi connectivity index (χ0v) is 15.0. The molecule has 0 aliphatic carbocycles. The van der Waals surface area contributed by atoms with Crippen molar-refractivity contribution in [2.75, 3.05) is 5.32 Å². The Morgan fingerprint density at radius 2 is 1.74 bits per heavy atom. The maximum Gasteiger partial charge on any atom is 0.274 e. The number of anilines is 1. The van der Waals surface area contributed by atoms with Crippen LogP contribution in [0, 0.1) is 0 Å². The highest BCUT2D eigenvalue weighted by molar-refractivity contribution is 6.05. The number of aryl methyl sites for hydroxylation is 1. The van der Waals surface area contributed by atoms with Gasteiger partial charge in [-0.2, -0.15) is 0 Å². The number of benzene rings is 1. The predicted octanol–water partition coefficient (Wildman–Crippen LogP) is 3.22. The van der Waals surface area contributed by atoms with Gasteiger partial charge in [0, 0.05) is 23.6 Å². The number of hydrogen-bond donors (Lipinski definition) is 2. The first-order valence-electron chi connectivity index (χ1n) is 8.71. The van der Waals surface area contributed by atoms with E-state index in [1.165, 1.54) is 12.3 Å². The second kappa shape index (κ2) is 8.71. The Bertz CT molecular complexity index is 942. The van der Waals surface area contributed by atoms with Crippen LogP contribution in [0.25, 0.3) is 0 Å². The largest absolute Gasteiger partial charge is 0.346 e. The minimum Gasteiger partial charge on any atom is -0.346 e. The Morgan fingerprint density at radius 3 is 2.52 bits per heavy atom. The standard InChI is InChI=1S/C21H20N4O2/c1-2-15-7-3-4-9-18(15)25-21(27)19-13-16(10-12-23-19)20(26)24-14-17-8-5-6-11-22-17/h3-13H,2,14H2,1H3,(H,24,26)(H,25,27). The van der Waals surface area contributed by atoms with Gasteiger partial charge in [-0.25, -0.2) is 0 Å². The van der Waals surface area contributed by atoms with Crippen LogP contribution in [0.3, 0.4) is 0 Å². The molecule has 2 heterocycles. The quantitative estimate of drug-likeness (QED) is 0.707. The third-order valence-corrected chi connectivity index (χ3v) is 4.06. The normalized spacial score (nSPS) is 10.3. The second-order valence-corrected chi connectivity index (χ2v) is 5.90. The van der Waals surface area contributed by atoms with E-state index >= 15 is 0 Å². The van der Waals surface area contributed by atoms with Gasteiger partial charge in [0.1, 0.15) is 5.69 Å². The van der Waals surface area contributed by atoms with Crippen LogP contribution in [0.5, 0.6) is 0 Å². The minimum atomic E-state index is -0.352. The van der Waals surface area contributed by atoms with Gasteiger partial charge in [0.25, 0.3) is 11.8 Å². The first-order valence-corrected chi connectivity index (χ1v) is 8.71. The number of carbonyl (C=O) groups excluding carboxylic acids is 2. The van der Waals surface area contributed by atoms with Gasteiger partial charge >= 0.3 is 0 Å². The number of nitrogens with one attached hydrogen (secondary N) is 2. The molecule has 6 heteroatoms. The number of rotatable bonds is 6. The van der Waals surface area contributed by atoms with E-state index < -0.39 is 0 Å². The summed E-state index contributed by atoms with van der Waals surface area (Å²) in [5.41, 5.74) is 3.10. The van der Waals surface area contributed by atoms with Crippen LogP contribution in [0.1, 0.15) is 39.0 Å². The van der Waals surface area contributed by atoms with Crippen LogP contribution >= 0.6 is 0 Å². The molecule has 0 atom stereocenters. The molecule has 2 amide bonds. The van der Waals surface area contributed by atoms with Crippen LogP contribution < -0.4 is 10.6 Å². The lowest BCUT2D eigenvalue weighted by Crippen LogP contribution is -2.24. The maximum absolute atomic E-state index is 12.5. The third-order valence-electron chi connectivity index (χ3n) is 4.06. The number of aromatic nitrogens is 2. The second-order valence-electron chi connectivity index (χ2n) is 5.90. The average molecular weight is 360 g/mol. The van der Waals surface area contributed by atoms with Crippen LogP contribution in [0.2, 0.25) is 0 Å². The number of pyridine rings is 2. The molecule has 2 aromatic heterocycles. The SMILES string of the molecule is CCc1ccccc1NC(=O)c1cc(C(=O)NCc2ccccn2)ccn1. The van der Waals surface area contributed by atoms with Crippen LogP contribution in [-0.4, -0.2) is 21.8 Å². The fraction of sp³-hybridized carbons (Fsp3) is 0.143. The van der Waals surface area contributed by atoms with Gasteiger partial charge in [-0.1, -0.05) is 31.2 Å². The minimum absolute atomic E-state index is 0.186. The average Bonchev–Trinajstić information content (AvgIpc) is 2.73. The molecule has 0 aliphatic rings. The smallest absolute Gasteiger partial charge is 0.274 e. The van der Waals surface area contributed by atoms with E-state index in [2.05, 4.69) is 20.6 Å². The molecule has 0 bridgehead atoms. The van der Waals surface area contributed by atoms with Crippen molar-refractivity contribution in [3.63, 3.8) is 0 Å². The summed E-state index contributed by atoms with van der Waals surface area (Å²) in [6.07, 6.45) is 3.93. The van der Waals surface area contributed by atoms with Crippen molar-refractivity contribution in [2.24, 2.45) is 0 Å². The van der Waals surface area contributed by atoms with Gasteiger partial charge < -0.3 is 10.6 Å². The fourth-order valence-corrected chi connectivity index (χ4v) is 2.61. The van der Waals surface area contributed by atoms with Crippen molar-refractivity contribution in [1.82, 2.24) is 15.3 Å². The van der Waals surface area contributed by atoms with Crippen molar-refractivity contribution < 1.29 is 9.59 Å². The molecule has 0 fully saturated rings. The lowest BCUT2D eigenvalue weighted by atomic mass is 10.1. The maximum atomic E-state index is 12.5. The monoisotopic (exact) mass is 360 g/mol. The Balaban J connectivity index is 1.69. The number of carbonyl (C=O) groups is 2. The number of hydrogen-bond acceptors (Lipinski definition) is 4. The first kappa shape index (κ1) is 18.3. The van der Waals surface area contributed by atoms with Crippen molar-refractivity contribution >= 4 is 17.5 Å². The van der Waals surface area contributed by atoms with E-state index in [9.17, 15) is 9.59 Å². The molecule has 136 valence electrons. The Labute approximate surface area is 157 Å². The molecule has 0 unspecified atom stereocenters. The van der Waals surface area contributed by atoms with E-state index in [0.717, 1.165) is 23.4 Å². The van der Waals surface area contributed by atoms with Gasteiger partial charge in [0.05, 0.1) is 12.2 Å². The Hall–Kier alpha value is -3.54. The summed E-state index contributed by atoms with van der Waals surface area (Å²) in [6.45, 7) is 2.34.